The molecular formula is C51H56N14O5S2. The van der Waals surface area contributed by atoms with Crippen molar-refractivity contribution in [2.75, 3.05) is 18.9 Å². The molecule has 0 spiro atoms. The SMILES string of the molecule is CNc1cc(-c2ccc3cc(C#N)cnn23)ncc1-c1nnc(C2CCC(NC(=O)Cn3ccc(C(=O)N[C@H](C(=O)N4C[C@H](O)C[C@H]4C(=O)N[C@@H](C)c4ccc(-c5scnc5C)cc4)C(C)(C)C)n3)CC2)s1. The van der Waals surface area contributed by atoms with Gasteiger partial charge in [0.05, 0.1) is 62.5 Å². The topological polar surface area (TPSA) is 250 Å². The number of pyridine rings is 1. The average molecular weight is 1010 g/mol. The van der Waals surface area contributed by atoms with E-state index in [0.29, 0.717) is 11.3 Å². The molecule has 1 aromatic carbocycles. The third-order valence-electron chi connectivity index (χ3n) is 13.4. The number of hydrogen-bond donors (Lipinski definition) is 5. The van der Waals surface area contributed by atoms with E-state index in [9.17, 15) is 29.5 Å². The Morgan fingerprint density at radius 2 is 1.75 bits per heavy atom. The largest absolute Gasteiger partial charge is 0.391 e. The zero-order valence-corrected chi connectivity index (χ0v) is 42.4. The Morgan fingerprint density at radius 1 is 0.972 bits per heavy atom. The van der Waals surface area contributed by atoms with Gasteiger partial charge in [0.2, 0.25) is 17.7 Å². The number of benzene rings is 1. The number of amides is 4. The van der Waals surface area contributed by atoms with Crippen LogP contribution in [0.1, 0.15) is 104 Å². The molecule has 7 aromatic rings. The number of anilines is 1. The number of aliphatic hydroxyl groups is 1. The Hall–Kier alpha value is -7.41. The van der Waals surface area contributed by atoms with Crippen molar-refractivity contribution in [3.8, 4) is 38.5 Å². The van der Waals surface area contributed by atoms with Crippen LogP contribution in [0.25, 0.3) is 37.9 Å². The molecule has 19 nitrogen and oxygen atoms in total. The molecule has 0 bridgehead atoms. The maximum absolute atomic E-state index is 14.3. The first-order valence-electron chi connectivity index (χ1n) is 23.9. The number of aryl methyl sites for hydroxylation is 1. The van der Waals surface area contributed by atoms with Crippen LogP contribution in [0.2, 0.25) is 0 Å². The first-order valence-corrected chi connectivity index (χ1v) is 25.6. The van der Waals surface area contributed by atoms with E-state index in [4.69, 9.17) is 4.98 Å². The van der Waals surface area contributed by atoms with Crippen LogP contribution in [0.4, 0.5) is 5.69 Å². The number of hydrogen-bond acceptors (Lipinski definition) is 15. The van der Waals surface area contributed by atoms with Gasteiger partial charge in [-0.1, -0.05) is 56.4 Å². The van der Waals surface area contributed by atoms with Crippen LogP contribution in [-0.2, 0) is 20.9 Å². The minimum absolute atomic E-state index is 0.0271. The van der Waals surface area contributed by atoms with Crippen LogP contribution >= 0.6 is 22.7 Å². The highest BCUT2D eigenvalue weighted by Crippen LogP contribution is 2.39. The fraction of sp³-hybridized carbons (Fsp3) is 0.392. The molecule has 6 aromatic heterocycles. The van der Waals surface area contributed by atoms with Crippen LogP contribution < -0.4 is 21.3 Å². The van der Waals surface area contributed by atoms with Crippen molar-refractivity contribution in [2.45, 2.75) is 109 Å². The van der Waals surface area contributed by atoms with Crippen molar-refractivity contribution < 1.29 is 24.3 Å². The summed E-state index contributed by atoms with van der Waals surface area (Å²) >= 11 is 3.10. The summed E-state index contributed by atoms with van der Waals surface area (Å²) in [6.07, 6.45) is 7.16. The Labute approximate surface area is 424 Å². The van der Waals surface area contributed by atoms with E-state index in [2.05, 4.69) is 52.7 Å². The van der Waals surface area contributed by atoms with Gasteiger partial charge in [0.1, 0.15) is 35.4 Å². The van der Waals surface area contributed by atoms with Crippen molar-refractivity contribution in [1.29, 1.82) is 5.26 Å². The lowest BCUT2D eigenvalue weighted by molar-refractivity contribution is -0.142. The Bertz CT molecular complexity index is 3180. The molecule has 4 atom stereocenters. The Kier molecular flexibility index (Phi) is 14.3. The molecular weight excluding hydrogens is 953 g/mol. The number of aliphatic hydroxyl groups excluding tert-OH is 1. The van der Waals surface area contributed by atoms with Crippen LogP contribution in [0.15, 0.2) is 78.7 Å². The molecule has 1 aliphatic heterocycles. The second-order valence-electron chi connectivity index (χ2n) is 19.5. The summed E-state index contributed by atoms with van der Waals surface area (Å²) in [5, 5.41) is 51.9. The normalized spacial score (nSPS) is 18.8. The van der Waals surface area contributed by atoms with E-state index in [1.165, 1.54) is 33.2 Å². The molecule has 0 unspecified atom stereocenters. The van der Waals surface area contributed by atoms with E-state index in [-0.39, 0.29) is 49.1 Å². The quantitative estimate of drug-likeness (QED) is 0.0806. The minimum Gasteiger partial charge on any atom is -0.391 e. The average Bonchev–Trinajstić information content (AvgIpc) is 4.24. The summed E-state index contributed by atoms with van der Waals surface area (Å²) in [7, 11) is 1.85. The molecule has 1 saturated heterocycles. The van der Waals surface area contributed by atoms with E-state index >= 15 is 0 Å². The lowest BCUT2D eigenvalue weighted by Crippen LogP contribution is -2.57. The fourth-order valence-corrected chi connectivity index (χ4v) is 11.3. The zero-order chi connectivity index (χ0) is 50.8. The van der Waals surface area contributed by atoms with Crippen molar-refractivity contribution >= 4 is 57.5 Å². The van der Waals surface area contributed by atoms with Crippen molar-refractivity contribution in [3.63, 3.8) is 0 Å². The van der Waals surface area contributed by atoms with Gasteiger partial charge in [0, 0.05) is 50.1 Å². The fourth-order valence-electron chi connectivity index (χ4n) is 9.43. The summed E-state index contributed by atoms with van der Waals surface area (Å²) in [5.41, 5.74) is 8.39. The maximum Gasteiger partial charge on any atom is 0.272 e. The van der Waals surface area contributed by atoms with Gasteiger partial charge in [-0.3, -0.25) is 28.8 Å². The first-order chi connectivity index (χ1) is 34.6. The number of nitriles is 1. The number of thiazole rings is 1. The Morgan fingerprint density at radius 3 is 2.46 bits per heavy atom. The molecule has 1 aliphatic carbocycles. The maximum atomic E-state index is 14.3. The molecule has 7 heterocycles. The van der Waals surface area contributed by atoms with Gasteiger partial charge in [-0.15, -0.1) is 21.5 Å². The highest BCUT2D eigenvalue weighted by molar-refractivity contribution is 7.14. The van der Waals surface area contributed by atoms with Gasteiger partial charge in [0.25, 0.3) is 5.91 Å². The van der Waals surface area contributed by atoms with E-state index in [1.807, 2.05) is 89.6 Å². The van der Waals surface area contributed by atoms with Gasteiger partial charge >= 0.3 is 0 Å². The predicted octanol–water partition coefficient (Wildman–Crippen LogP) is 6.28. The summed E-state index contributed by atoms with van der Waals surface area (Å²) < 4.78 is 3.15. The molecule has 5 N–H and O–H groups in total. The Balaban J connectivity index is 0.762. The minimum atomic E-state index is -1.06. The number of aromatic nitrogens is 8. The van der Waals surface area contributed by atoms with Crippen LogP contribution in [0, 0.1) is 23.7 Å². The second-order valence-corrected chi connectivity index (χ2v) is 21.4. The second kappa shape index (κ2) is 20.7. The number of nitrogens with zero attached hydrogens (tertiary/aromatic N) is 10. The highest BCUT2D eigenvalue weighted by atomic mass is 32.1. The number of likely N-dealkylation sites (tertiary alicyclic amines) is 1. The predicted molar refractivity (Wildman–Crippen MR) is 273 cm³/mol. The van der Waals surface area contributed by atoms with E-state index in [0.717, 1.165) is 79.9 Å². The number of nitrogens with one attached hydrogen (secondary N) is 4. The summed E-state index contributed by atoms with van der Waals surface area (Å²) in [6, 6.07) is 16.6. The highest BCUT2D eigenvalue weighted by Gasteiger charge is 2.45. The number of β-amino-alcohol motifs (C(OH)–C–C–N with tert-alkyl or cyclic N) is 1. The van der Waals surface area contributed by atoms with Gasteiger partial charge in [-0.25, -0.2) is 9.50 Å². The monoisotopic (exact) mass is 1010 g/mol. The molecule has 4 amide bonds. The molecule has 0 radical (unpaired) electrons. The van der Waals surface area contributed by atoms with Crippen LogP contribution in [0.3, 0.4) is 0 Å². The molecule has 372 valence electrons. The number of fused-ring (bicyclic) bond motifs is 1. The molecule has 72 heavy (non-hydrogen) atoms. The van der Waals surface area contributed by atoms with Crippen LogP contribution in [-0.4, -0.2) is 111 Å². The third kappa shape index (κ3) is 10.6. The number of rotatable bonds is 14. The third-order valence-corrected chi connectivity index (χ3v) is 15.5. The molecule has 21 heteroatoms. The van der Waals surface area contributed by atoms with Crippen molar-refractivity contribution in [3.05, 3.63) is 106 Å². The molecule has 1 saturated carbocycles. The number of carbonyl (C=O) groups excluding carboxylic acids is 4. The molecule has 2 aliphatic rings. The van der Waals surface area contributed by atoms with Crippen molar-refractivity contribution in [2.24, 2.45) is 5.41 Å². The zero-order valence-electron chi connectivity index (χ0n) is 40.8. The summed E-state index contributed by atoms with van der Waals surface area (Å²) in [6.45, 7) is 9.11. The van der Waals surface area contributed by atoms with Gasteiger partial charge in [-0.05, 0) is 86.4 Å². The van der Waals surface area contributed by atoms with Gasteiger partial charge in [0.15, 0.2) is 5.01 Å². The molecule has 9 rings (SSSR count). The van der Waals surface area contributed by atoms with Gasteiger partial charge < -0.3 is 31.3 Å². The standard InChI is InChI=1S/C51H56N14O5S2/c1-28(31-7-9-32(10-8-31)44-29(2)55-27-71-44)57-47(69)42-20-36(66)25-64(42)50(70)45(51(3,4)5)59-46(68)38-17-18-63(62-38)26-43(67)58-34-13-11-33(12-14-34)48-60-61-49(72-48)37-24-54-40(21-39(37)53-6)41-16-15-35-19-30(22-52)23-56-65(35)41/h7-10,15-19,21,23-24,27-28,33-34,36,42,45,66H,11-14,20,25-26H2,1-6H3,(H,53,54)(H,57,69)(H,58,67)(H,59,68)/t28-,33?,34?,36+,42-,45+/m0/s1. The smallest absolute Gasteiger partial charge is 0.272 e. The van der Waals surface area contributed by atoms with Gasteiger partial charge in [-0.2, -0.15) is 15.5 Å². The lowest BCUT2D eigenvalue weighted by Gasteiger charge is -2.35. The number of carbonyl (C=O) groups is 4. The van der Waals surface area contributed by atoms with Crippen LogP contribution in [0.5, 0.6) is 0 Å². The van der Waals surface area contributed by atoms with E-state index < -0.39 is 41.3 Å². The van der Waals surface area contributed by atoms with Crippen molar-refractivity contribution in [1.82, 2.24) is 60.4 Å². The summed E-state index contributed by atoms with van der Waals surface area (Å²) in [4.78, 5) is 66.5. The van der Waals surface area contributed by atoms with E-state index in [1.54, 1.807) is 34.3 Å². The summed E-state index contributed by atoms with van der Waals surface area (Å²) in [5.74, 6) is -1.55. The molecule has 2 fully saturated rings. The lowest BCUT2D eigenvalue weighted by atomic mass is 9.85. The first kappa shape index (κ1) is 49.6.